The van der Waals surface area contributed by atoms with Gasteiger partial charge in [0.15, 0.2) is 0 Å². The molecule has 1 atom stereocenters. The number of rotatable bonds is 4. The summed E-state index contributed by atoms with van der Waals surface area (Å²) in [6, 6.07) is 8.51. The van der Waals surface area contributed by atoms with Crippen molar-refractivity contribution in [2.24, 2.45) is 5.92 Å². The Morgan fingerprint density at radius 1 is 1.12 bits per heavy atom. The molecule has 2 saturated heterocycles. The van der Waals surface area contributed by atoms with Gasteiger partial charge in [-0.1, -0.05) is 24.3 Å². The van der Waals surface area contributed by atoms with Crippen molar-refractivity contribution in [1.82, 2.24) is 10.2 Å². The summed E-state index contributed by atoms with van der Waals surface area (Å²) in [5.74, 6) is 0.341. The molecule has 0 aliphatic carbocycles. The van der Waals surface area contributed by atoms with Crippen molar-refractivity contribution in [1.29, 1.82) is 0 Å². The van der Waals surface area contributed by atoms with Gasteiger partial charge in [-0.3, -0.25) is 19.7 Å². The second-order valence-electron chi connectivity index (χ2n) is 7.10. The lowest BCUT2D eigenvalue weighted by molar-refractivity contribution is -0.136. The largest absolute Gasteiger partial charge is 0.343 e. The van der Waals surface area contributed by atoms with Crippen LogP contribution < -0.4 is 5.32 Å². The van der Waals surface area contributed by atoms with Crippen LogP contribution in [0.25, 0.3) is 0 Å². The molecule has 5 nitrogen and oxygen atoms in total. The van der Waals surface area contributed by atoms with Crippen LogP contribution >= 0.6 is 0 Å². The normalized spacial score (nSPS) is 21.9. The minimum absolute atomic E-state index is 0.105. The number of hydrogen-bond acceptors (Lipinski definition) is 3. The highest BCUT2D eigenvalue weighted by Crippen LogP contribution is 2.29. The molecule has 3 rings (SSSR count). The first-order valence-corrected chi connectivity index (χ1v) is 9.27. The average Bonchev–Trinajstić information content (AvgIpc) is 2.64. The van der Waals surface area contributed by atoms with Crippen LogP contribution in [0, 0.1) is 5.92 Å². The van der Waals surface area contributed by atoms with Crippen LogP contribution in [0.15, 0.2) is 24.3 Å². The van der Waals surface area contributed by atoms with Crippen molar-refractivity contribution < 1.29 is 14.4 Å². The fourth-order valence-electron chi connectivity index (χ4n) is 3.83. The van der Waals surface area contributed by atoms with Gasteiger partial charge >= 0.3 is 0 Å². The van der Waals surface area contributed by atoms with Gasteiger partial charge in [-0.2, -0.15) is 0 Å². The van der Waals surface area contributed by atoms with Crippen molar-refractivity contribution in [3.63, 3.8) is 0 Å². The molecule has 1 aromatic carbocycles. The Morgan fingerprint density at radius 2 is 1.80 bits per heavy atom. The molecular formula is C19H25BN2O3. The van der Waals surface area contributed by atoms with Gasteiger partial charge < -0.3 is 4.90 Å². The van der Waals surface area contributed by atoms with Crippen LogP contribution in [0.2, 0.25) is 6.32 Å². The Hall–Kier alpha value is -2.11. The van der Waals surface area contributed by atoms with Gasteiger partial charge in [0.05, 0.1) is 0 Å². The number of carbonyl (C=O) groups is 3. The van der Waals surface area contributed by atoms with Gasteiger partial charge in [-0.05, 0) is 49.0 Å². The van der Waals surface area contributed by atoms with E-state index < -0.39 is 0 Å². The van der Waals surface area contributed by atoms with Gasteiger partial charge in [-0.25, -0.2) is 0 Å². The van der Waals surface area contributed by atoms with Crippen molar-refractivity contribution >= 4 is 25.6 Å². The van der Waals surface area contributed by atoms with Gasteiger partial charge in [0.2, 0.25) is 17.7 Å². The van der Waals surface area contributed by atoms with Gasteiger partial charge in [0.1, 0.15) is 7.85 Å². The third-order valence-electron chi connectivity index (χ3n) is 5.44. The van der Waals surface area contributed by atoms with Crippen LogP contribution in [0.1, 0.15) is 42.7 Å². The molecule has 0 saturated carbocycles. The lowest BCUT2D eigenvalue weighted by atomic mass is 9.87. The molecular weight excluding hydrogens is 315 g/mol. The van der Waals surface area contributed by atoms with Gasteiger partial charge in [0, 0.05) is 25.4 Å². The summed E-state index contributed by atoms with van der Waals surface area (Å²) >= 11 is 0. The fraction of sp³-hybridized carbons (Fsp3) is 0.526. The second kappa shape index (κ2) is 7.85. The molecule has 2 aliphatic rings. The monoisotopic (exact) mass is 340 g/mol. The van der Waals surface area contributed by atoms with Crippen molar-refractivity contribution in [3.8, 4) is 0 Å². The Balaban J connectivity index is 1.55. The number of nitrogens with zero attached hydrogens (tertiary/aromatic N) is 1. The lowest BCUT2D eigenvalue weighted by Crippen LogP contribution is -2.41. The van der Waals surface area contributed by atoms with E-state index in [0.717, 1.165) is 31.5 Å². The number of carbonyl (C=O) groups excluding carboxylic acids is 3. The molecule has 1 aromatic rings. The van der Waals surface area contributed by atoms with Crippen molar-refractivity contribution in [3.05, 3.63) is 35.4 Å². The van der Waals surface area contributed by atoms with E-state index in [1.807, 2.05) is 12.7 Å². The predicted octanol–water partition coefficient (Wildman–Crippen LogP) is 1.04. The summed E-state index contributed by atoms with van der Waals surface area (Å²) in [5, 5.41) is 2.42. The summed E-state index contributed by atoms with van der Waals surface area (Å²) in [6.07, 6.45) is 4.36. The molecule has 3 amide bonds. The third-order valence-corrected chi connectivity index (χ3v) is 5.44. The zero-order valence-corrected chi connectivity index (χ0v) is 14.8. The molecule has 2 fully saturated rings. The summed E-state index contributed by atoms with van der Waals surface area (Å²) in [4.78, 5) is 36.8. The van der Waals surface area contributed by atoms with E-state index in [2.05, 4.69) is 29.6 Å². The van der Waals surface area contributed by atoms with Crippen LogP contribution in [-0.4, -0.2) is 43.6 Å². The molecule has 1 N–H and O–H groups in total. The highest BCUT2D eigenvalue weighted by Gasteiger charge is 2.27. The Labute approximate surface area is 149 Å². The van der Waals surface area contributed by atoms with Crippen LogP contribution in [0.4, 0.5) is 0 Å². The van der Waals surface area contributed by atoms with Crippen LogP contribution in [-0.2, 0) is 20.8 Å². The van der Waals surface area contributed by atoms with E-state index >= 15 is 0 Å². The SMILES string of the molecule is BCC(=O)N1CCC(c2ccc(CC3CCC(=O)NC3=O)cc2)CC1. The zero-order chi connectivity index (χ0) is 17.8. The highest BCUT2D eigenvalue weighted by atomic mass is 16.2. The molecule has 0 bridgehead atoms. The molecule has 0 aromatic heterocycles. The maximum Gasteiger partial charge on any atom is 0.230 e. The molecule has 132 valence electrons. The standard InChI is InChI=1S/C19H25BN2O3/c20-12-18(24)22-9-7-15(8-10-22)14-3-1-13(2-4-14)11-16-5-6-17(23)21-19(16)25/h1-4,15-16H,5-12,20H2,(H,21,23,25). The fourth-order valence-corrected chi connectivity index (χ4v) is 3.83. The van der Waals surface area contributed by atoms with E-state index in [9.17, 15) is 14.4 Å². The number of nitrogens with one attached hydrogen (secondary N) is 1. The number of amides is 3. The van der Waals surface area contributed by atoms with Crippen molar-refractivity contribution in [2.75, 3.05) is 13.1 Å². The summed E-state index contributed by atoms with van der Waals surface area (Å²) in [5.41, 5.74) is 2.45. The molecule has 2 heterocycles. The van der Waals surface area contributed by atoms with Crippen molar-refractivity contribution in [2.45, 2.75) is 44.3 Å². The molecule has 1 unspecified atom stereocenters. The third kappa shape index (κ3) is 4.30. The molecule has 2 aliphatic heterocycles. The second-order valence-corrected chi connectivity index (χ2v) is 7.10. The van der Waals surface area contributed by atoms with E-state index in [4.69, 9.17) is 0 Å². The minimum atomic E-state index is -0.163. The van der Waals surface area contributed by atoms with Gasteiger partial charge in [0.25, 0.3) is 0 Å². The zero-order valence-electron chi connectivity index (χ0n) is 14.8. The maximum absolute atomic E-state index is 11.9. The van der Waals surface area contributed by atoms with E-state index in [0.29, 0.717) is 31.5 Å². The summed E-state index contributed by atoms with van der Waals surface area (Å²) in [7, 11) is 1.91. The first-order valence-electron chi connectivity index (χ1n) is 9.27. The minimum Gasteiger partial charge on any atom is -0.343 e. The Kier molecular flexibility index (Phi) is 5.56. The van der Waals surface area contributed by atoms with Gasteiger partial charge in [-0.15, -0.1) is 0 Å². The Bertz CT molecular complexity index is 651. The quantitative estimate of drug-likeness (QED) is 0.658. The Morgan fingerprint density at radius 3 is 2.40 bits per heavy atom. The summed E-state index contributed by atoms with van der Waals surface area (Å²) in [6.45, 7) is 1.69. The topological polar surface area (TPSA) is 66.5 Å². The number of piperidine rings is 2. The number of benzene rings is 1. The van der Waals surface area contributed by atoms with E-state index in [1.54, 1.807) is 0 Å². The smallest absolute Gasteiger partial charge is 0.230 e. The molecule has 0 radical (unpaired) electrons. The average molecular weight is 340 g/mol. The lowest BCUT2D eigenvalue weighted by Gasteiger charge is -2.32. The first-order chi connectivity index (χ1) is 12.1. The summed E-state index contributed by atoms with van der Waals surface area (Å²) < 4.78 is 0. The maximum atomic E-state index is 11.9. The predicted molar refractivity (Wildman–Crippen MR) is 97.9 cm³/mol. The number of hydrogen-bond donors (Lipinski definition) is 1. The van der Waals surface area contributed by atoms with Crippen LogP contribution in [0.3, 0.4) is 0 Å². The van der Waals surface area contributed by atoms with E-state index in [-0.39, 0.29) is 23.6 Å². The molecule has 6 heteroatoms. The van der Waals surface area contributed by atoms with E-state index in [1.165, 1.54) is 5.56 Å². The van der Waals surface area contributed by atoms with Crippen LogP contribution in [0.5, 0.6) is 0 Å². The number of likely N-dealkylation sites (tertiary alicyclic amines) is 1. The highest BCUT2D eigenvalue weighted by molar-refractivity contribution is 6.19. The first kappa shape index (κ1) is 17.7. The molecule has 0 spiro atoms. The molecule has 25 heavy (non-hydrogen) atoms. The number of imide groups is 1.